The monoisotopic (exact) mass is 345 g/mol. The van der Waals surface area contributed by atoms with Gasteiger partial charge in [0.05, 0.1) is 16.7 Å². The number of benzene rings is 2. The van der Waals surface area contributed by atoms with E-state index in [1.165, 1.54) is 12.1 Å². The molecule has 24 heavy (non-hydrogen) atoms. The lowest BCUT2D eigenvalue weighted by atomic mass is 10.0. The van der Waals surface area contributed by atoms with E-state index >= 15 is 0 Å². The van der Waals surface area contributed by atoms with Gasteiger partial charge in [-0.1, -0.05) is 37.3 Å². The molecule has 2 rings (SSSR count). The van der Waals surface area contributed by atoms with Gasteiger partial charge in [-0.3, -0.25) is 4.79 Å². The highest BCUT2D eigenvalue weighted by Gasteiger charge is 2.17. The molecule has 0 bridgehead atoms. The number of aldehydes is 1. The summed E-state index contributed by atoms with van der Waals surface area (Å²) < 4.78 is 23.7. The van der Waals surface area contributed by atoms with Gasteiger partial charge in [0, 0.05) is 12.0 Å². The SMILES string of the molecule is CCS(=O)(=O)c1ccc([C@H](CC=O)NC(=O)c2ccccc2)cc1. The fourth-order valence-electron chi connectivity index (χ4n) is 2.28. The van der Waals surface area contributed by atoms with E-state index in [4.69, 9.17) is 0 Å². The van der Waals surface area contributed by atoms with Gasteiger partial charge >= 0.3 is 0 Å². The topological polar surface area (TPSA) is 80.3 Å². The molecular weight excluding hydrogens is 326 g/mol. The Labute approximate surface area is 141 Å². The molecule has 0 aromatic heterocycles. The Morgan fingerprint density at radius 3 is 2.25 bits per heavy atom. The Bertz CT molecular complexity index is 799. The lowest BCUT2D eigenvalue weighted by Crippen LogP contribution is -2.28. The molecular formula is C18H19NO4S. The van der Waals surface area contributed by atoms with E-state index in [1.807, 2.05) is 6.07 Å². The Morgan fingerprint density at radius 1 is 1.08 bits per heavy atom. The molecule has 0 aliphatic rings. The van der Waals surface area contributed by atoms with E-state index in [-0.39, 0.29) is 23.0 Å². The van der Waals surface area contributed by atoms with E-state index in [9.17, 15) is 18.0 Å². The van der Waals surface area contributed by atoms with Crippen LogP contribution in [0.5, 0.6) is 0 Å². The molecule has 0 saturated carbocycles. The molecule has 0 fully saturated rings. The van der Waals surface area contributed by atoms with Crippen molar-refractivity contribution < 1.29 is 18.0 Å². The van der Waals surface area contributed by atoms with Crippen molar-refractivity contribution >= 4 is 22.0 Å². The molecule has 2 aromatic carbocycles. The lowest BCUT2D eigenvalue weighted by Gasteiger charge is -2.17. The van der Waals surface area contributed by atoms with Crippen molar-refractivity contribution in [3.63, 3.8) is 0 Å². The molecule has 0 heterocycles. The molecule has 5 nitrogen and oxygen atoms in total. The smallest absolute Gasteiger partial charge is 0.251 e. The summed E-state index contributed by atoms with van der Waals surface area (Å²) in [6.07, 6.45) is 0.838. The van der Waals surface area contributed by atoms with Crippen molar-refractivity contribution in [2.45, 2.75) is 24.3 Å². The van der Waals surface area contributed by atoms with Gasteiger partial charge in [-0.2, -0.15) is 0 Å². The van der Waals surface area contributed by atoms with Crippen molar-refractivity contribution in [1.82, 2.24) is 5.32 Å². The summed E-state index contributed by atoms with van der Waals surface area (Å²) in [4.78, 5) is 23.4. The minimum Gasteiger partial charge on any atom is -0.345 e. The number of sulfone groups is 1. The number of carbonyl (C=O) groups is 2. The Hall–Kier alpha value is -2.47. The van der Waals surface area contributed by atoms with E-state index in [2.05, 4.69) is 5.32 Å². The molecule has 0 radical (unpaired) electrons. The summed E-state index contributed by atoms with van der Waals surface area (Å²) in [7, 11) is -3.28. The molecule has 1 amide bonds. The molecule has 0 aliphatic carbocycles. The van der Waals surface area contributed by atoms with Crippen LogP contribution in [0.4, 0.5) is 0 Å². The zero-order chi connectivity index (χ0) is 17.6. The maximum Gasteiger partial charge on any atom is 0.251 e. The molecule has 2 aromatic rings. The molecule has 0 unspecified atom stereocenters. The summed E-state index contributed by atoms with van der Waals surface area (Å²) in [5.74, 6) is -0.262. The second-order valence-electron chi connectivity index (χ2n) is 5.27. The average Bonchev–Trinajstić information content (AvgIpc) is 2.62. The van der Waals surface area contributed by atoms with Crippen LogP contribution in [-0.2, 0) is 14.6 Å². The number of rotatable bonds is 7. The van der Waals surface area contributed by atoms with E-state index in [0.29, 0.717) is 11.1 Å². The van der Waals surface area contributed by atoms with Crippen LogP contribution in [0.2, 0.25) is 0 Å². The Kier molecular flexibility index (Phi) is 5.87. The number of nitrogens with one attached hydrogen (secondary N) is 1. The second kappa shape index (κ2) is 7.88. The zero-order valence-corrected chi connectivity index (χ0v) is 14.1. The lowest BCUT2D eigenvalue weighted by molar-refractivity contribution is -0.108. The highest BCUT2D eigenvalue weighted by molar-refractivity contribution is 7.91. The molecule has 1 atom stereocenters. The fourth-order valence-corrected chi connectivity index (χ4v) is 3.16. The van der Waals surface area contributed by atoms with Crippen molar-refractivity contribution in [2.75, 3.05) is 5.75 Å². The summed E-state index contributed by atoms with van der Waals surface area (Å²) in [6.45, 7) is 1.58. The standard InChI is InChI=1S/C18H19NO4S/c1-2-24(22,23)16-10-8-14(9-11-16)17(12-13-20)19-18(21)15-6-4-3-5-7-15/h3-11,13,17H,2,12H2,1H3,(H,19,21)/t17-/m0/s1. The highest BCUT2D eigenvalue weighted by Crippen LogP contribution is 2.20. The molecule has 126 valence electrons. The van der Waals surface area contributed by atoms with Crippen LogP contribution in [0.3, 0.4) is 0 Å². The van der Waals surface area contributed by atoms with E-state index in [1.54, 1.807) is 43.3 Å². The quantitative estimate of drug-likeness (QED) is 0.782. The molecule has 0 spiro atoms. The van der Waals surface area contributed by atoms with Gasteiger partial charge in [-0.05, 0) is 29.8 Å². The molecule has 1 N–H and O–H groups in total. The van der Waals surface area contributed by atoms with E-state index < -0.39 is 15.9 Å². The van der Waals surface area contributed by atoms with Gasteiger partial charge < -0.3 is 10.1 Å². The summed E-state index contributed by atoms with van der Waals surface area (Å²) >= 11 is 0. The molecule has 0 aliphatic heterocycles. The van der Waals surface area contributed by atoms with Crippen molar-refractivity contribution in [2.24, 2.45) is 0 Å². The minimum atomic E-state index is -3.28. The fraction of sp³-hybridized carbons (Fsp3) is 0.222. The zero-order valence-electron chi connectivity index (χ0n) is 13.3. The van der Waals surface area contributed by atoms with Crippen LogP contribution in [0.15, 0.2) is 59.5 Å². The minimum absolute atomic E-state index is 0.0227. The first kappa shape index (κ1) is 17.9. The predicted molar refractivity (Wildman–Crippen MR) is 91.5 cm³/mol. The third-order valence-corrected chi connectivity index (χ3v) is 5.45. The summed E-state index contributed by atoms with van der Waals surface area (Å²) in [5.41, 5.74) is 1.18. The summed E-state index contributed by atoms with van der Waals surface area (Å²) in [5, 5.41) is 2.80. The first-order valence-electron chi connectivity index (χ1n) is 7.60. The van der Waals surface area contributed by atoms with Crippen LogP contribution in [0.1, 0.15) is 35.3 Å². The van der Waals surface area contributed by atoms with Gasteiger partial charge in [0.15, 0.2) is 9.84 Å². The maximum absolute atomic E-state index is 12.3. The number of carbonyl (C=O) groups excluding carboxylic acids is 2. The first-order chi connectivity index (χ1) is 11.5. The van der Waals surface area contributed by atoms with Gasteiger partial charge in [0.25, 0.3) is 5.91 Å². The van der Waals surface area contributed by atoms with Gasteiger partial charge in [0.2, 0.25) is 0 Å². The number of hydrogen-bond donors (Lipinski definition) is 1. The molecule has 0 saturated heterocycles. The van der Waals surface area contributed by atoms with Gasteiger partial charge in [-0.15, -0.1) is 0 Å². The third kappa shape index (κ3) is 4.29. The predicted octanol–water partition coefficient (Wildman–Crippen LogP) is 2.54. The van der Waals surface area contributed by atoms with Crippen molar-refractivity contribution in [1.29, 1.82) is 0 Å². The van der Waals surface area contributed by atoms with Crippen LogP contribution < -0.4 is 5.32 Å². The number of amides is 1. The van der Waals surface area contributed by atoms with Crippen LogP contribution >= 0.6 is 0 Å². The van der Waals surface area contributed by atoms with Crippen LogP contribution in [-0.4, -0.2) is 26.4 Å². The van der Waals surface area contributed by atoms with Gasteiger partial charge in [0.1, 0.15) is 6.29 Å². The van der Waals surface area contributed by atoms with E-state index in [0.717, 1.165) is 6.29 Å². The van der Waals surface area contributed by atoms with Gasteiger partial charge in [-0.25, -0.2) is 8.42 Å². The third-order valence-electron chi connectivity index (χ3n) is 3.69. The summed E-state index contributed by atoms with van der Waals surface area (Å²) in [6, 6.07) is 14.4. The average molecular weight is 345 g/mol. The Balaban J connectivity index is 2.21. The van der Waals surface area contributed by atoms with Crippen LogP contribution in [0, 0.1) is 0 Å². The first-order valence-corrected chi connectivity index (χ1v) is 9.25. The normalized spacial score (nSPS) is 12.4. The number of hydrogen-bond acceptors (Lipinski definition) is 4. The van der Waals surface area contributed by atoms with Crippen molar-refractivity contribution in [3.05, 3.63) is 65.7 Å². The van der Waals surface area contributed by atoms with Crippen LogP contribution in [0.25, 0.3) is 0 Å². The maximum atomic E-state index is 12.3. The molecule has 6 heteroatoms. The Morgan fingerprint density at radius 2 is 1.71 bits per heavy atom. The highest BCUT2D eigenvalue weighted by atomic mass is 32.2. The second-order valence-corrected chi connectivity index (χ2v) is 7.55. The largest absolute Gasteiger partial charge is 0.345 e. The van der Waals surface area contributed by atoms with Crippen molar-refractivity contribution in [3.8, 4) is 0 Å².